The largest absolute Gasteiger partial charge is 0.464 e. The number of hydrogen-bond acceptors (Lipinski definition) is 5. The van der Waals surface area contributed by atoms with Gasteiger partial charge in [-0.2, -0.15) is 0 Å². The van der Waals surface area contributed by atoms with Gasteiger partial charge in [-0.1, -0.05) is 13.5 Å². The van der Waals surface area contributed by atoms with Crippen molar-refractivity contribution < 1.29 is 24.1 Å². The van der Waals surface area contributed by atoms with Crippen molar-refractivity contribution >= 4 is 5.97 Å². The van der Waals surface area contributed by atoms with Crippen molar-refractivity contribution in [2.75, 3.05) is 13.2 Å². The molecule has 0 aromatic heterocycles. The molecule has 3 aliphatic carbocycles. The van der Waals surface area contributed by atoms with Crippen molar-refractivity contribution in [2.45, 2.75) is 57.5 Å². The van der Waals surface area contributed by atoms with Crippen LogP contribution in [-0.4, -0.2) is 42.8 Å². The van der Waals surface area contributed by atoms with Crippen LogP contribution in [0.2, 0.25) is 0 Å². The fraction of sp³-hybridized carbons (Fsp3) is 0.850. The minimum Gasteiger partial charge on any atom is -0.464 e. The molecule has 6 aliphatic rings. The second-order valence-corrected chi connectivity index (χ2v) is 9.71. The van der Waals surface area contributed by atoms with Gasteiger partial charge < -0.3 is 19.3 Å². The summed E-state index contributed by atoms with van der Waals surface area (Å²) in [6.07, 6.45) is 3.88. The molecule has 3 saturated heterocycles. The average Bonchev–Trinajstić information content (AvgIpc) is 3.12. The first-order valence-corrected chi connectivity index (χ1v) is 9.74. The quantitative estimate of drug-likeness (QED) is 0.537. The first-order valence-electron chi connectivity index (χ1n) is 9.74. The van der Waals surface area contributed by atoms with Gasteiger partial charge in [0.15, 0.2) is 6.29 Å². The summed E-state index contributed by atoms with van der Waals surface area (Å²) < 4.78 is 18.3. The third kappa shape index (κ3) is 1.42. The summed E-state index contributed by atoms with van der Waals surface area (Å²) in [6.45, 7) is 7.58. The van der Waals surface area contributed by atoms with Gasteiger partial charge in [0.2, 0.25) is 0 Å². The zero-order valence-corrected chi connectivity index (χ0v) is 14.7. The summed E-state index contributed by atoms with van der Waals surface area (Å²) in [6, 6.07) is 0. The summed E-state index contributed by atoms with van der Waals surface area (Å²) in [5, 5.41) is 11.1. The number of hydrogen-bond donors (Lipinski definition) is 1. The molecule has 5 heteroatoms. The minimum atomic E-state index is -0.810. The zero-order chi connectivity index (χ0) is 17.2. The predicted octanol–water partition coefficient (Wildman–Crippen LogP) is 2.03. The van der Waals surface area contributed by atoms with Crippen LogP contribution in [0.1, 0.15) is 39.0 Å². The van der Waals surface area contributed by atoms with E-state index in [9.17, 15) is 9.90 Å². The summed E-state index contributed by atoms with van der Waals surface area (Å²) in [5.74, 6) is 0.404. The average molecular weight is 346 g/mol. The van der Waals surface area contributed by atoms with Crippen LogP contribution in [0.5, 0.6) is 0 Å². The van der Waals surface area contributed by atoms with Gasteiger partial charge in [0.05, 0.1) is 18.8 Å². The van der Waals surface area contributed by atoms with E-state index in [1.807, 2.05) is 0 Å². The van der Waals surface area contributed by atoms with Gasteiger partial charge in [0, 0.05) is 11.3 Å². The molecule has 3 aliphatic heterocycles. The molecule has 0 aromatic rings. The molecular weight excluding hydrogens is 320 g/mol. The highest BCUT2D eigenvalue weighted by Crippen LogP contribution is 2.73. The van der Waals surface area contributed by atoms with Crippen LogP contribution in [0, 0.1) is 34.0 Å². The lowest BCUT2D eigenvalue weighted by molar-refractivity contribution is -0.227. The van der Waals surface area contributed by atoms with Crippen LogP contribution < -0.4 is 0 Å². The van der Waals surface area contributed by atoms with Crippen molar-refractivity contribution in [3.63, 3.8) is 0 Å². The first kappa shape index (κ1) is 15.2. The third-order valence-electron chi connectivity index (χ3n) is 8.91. The molecule has 9 atom stereocenters. The van der Waals surface area contributed by atoms with Crippen LogP contribution in [-0.2, 0) is 19.0 Å². The minimum absolute atomic E-state index is 0.0727. The Bertz CT molecular complexity index is 690. The van der Waals surface area contributed by atoms with Crippen molar-refractivity contribution in [1.29, 1.82) is 0 Å². The molecule has 6 rings (SSSR count). The summed E-state index contributed by atoms with van der Waals surface area (Å²) >= 11 is 0. The Labute approximate surface area is 147 Å². The van der Waals surface area contributed by atoms with Gasteiger partial charge in [-0.25, -0.2) is 0 Å². The van der Waals surface area contributed by atoms with E-state index < -0.39 is 11.5 Å². The lowest BCUT2D eigenvalue weighted by Crippen LogP contribution is -2.66. The Balaban J connectivity index is 1.54. The van der Waals surface area contributed by atoms with Crippen LogP contribution in [0.4, 0.5) is 0 Å². The maximum absolute atomic E-state index is 13.0. The Morgan fingerprint density at radius 3 is 2.92 bits per heavy atom. The Hall–Kier alpha value is -0.910. The van der Waals surface area contributed by atoms with Gasteiger partial charge in [-0.05, 0) is 54.9 Å². The Morgan fingerprint density at radius 2 is 2.08 bits per heavy atom. The monoisotopic (exact) mass is 346 g/mol. The molecule has 0 amide bonds. The van der Waals surface area contributed by atoms with Crippen molar-refractivity contribution in [2.24, 2.45) is 34.0 Å². The van der Waals surface area contributed by atoms with Crippen molar-refractivity contribution in [3.8, 4) is 0 Å². The van der Waals surface area contributed by atoms with Crippen molar-refractivity contribution in [3.05, 3.63) is 12.2 Å². The first-order chi connectivity index (χ1) is 11.9. The number of carbonyl (C=O) groups excluding carboxylic acids is 1. The van der Waals surface area contributed by atoms with Crippen LogP contribution in [0.15, 0.2) is 12.2 Å². The number of ether oxygens (including phenoxy) is 3. The molecular formula is C20H26O5. The lowest BCUT2D eigenvalue weighted by Gasteiger charge is -2.59. The summed E-state index contributed by atoms with van der Waals surface area (Å²) in [5.41, 5.74) is -0.0974. The highest BCUT2D eigenvalue weighted by molar-refractivity contribution is 5.81. The maximum Gasteiger partial charge on any atom is 0.315 e. The van der Waals surface area contributed by atoms with Crippen LogP contribution in [0.3, 0.4) is 0 Å². The van der Waals surface area contributed by atoms with E-state index in [0.717, 1.165) is 37.9 Å². The second-order valence-electron chi connectivity index (χ2n) is 9.71. The molecule has 3 saturated carbocycles. The van der Waals surface area contributed by atoms with E-state index in [2.05, 4.69) is 13.5 Å². The van der Waals surface area contributed by atoms with E-state index >= 15 is 0 Å². The smallest absolute Gasteiger partial charge is 0.315 e. The Kier molecular flexibility index (Phi) is 2.62. The molecule has 0 radical (unpaired) electrons. The molecule has 3 heterocycles. The molecule has 1 N–H and O–H groups in total. The maximum atomic E-state index is 13.0. The van der Waals surface area contributed by atoms with E-state index in [-0.39, 0.29) is 46.9 Å². The fourth-order valence-corrected chi connectivity index (χ4v) is 7.91. The SMILES string of the molecule is C=C1C2CCC3C(C2)(C(=O)OCC32C3CC[C@@]4(C)CO[C@H](O3)C24)C1O. The van der Waals surface area contributed by atoms with Crippen molar-refractivity contribution in [1.82, 2.24) is 0 Å². The number of aliphatic hydroxyl groups excluding tert-OH is 1. The molecule has 136 valence electrons. The molecule has 2 spiro atoms. The Morgan fingerprint density at radius 1 is 1.24 bits per heavy atom. The number of rotatable bonds is 0. The molecule has 0 aromatic carbocycles. The van der Waals surface area contributed by atoms with Gasteiger partial charge in [0.25, 0.3) is 0 Å². The third-order valence-corrected chi connectivity index (χ3v) is 8.91. The van der Waals surface area contributed by atoms with E-state index in [1.54, 1.807) is 0 Å². The van der Waals surface area contributed by atoms with Crippen LogP contribution in [0.25, 0.3) is 0 Å². The van der Waals surface area contributed by atoms with E-state index in [0.29, 0.717) is 13.0 Å². The normalized spacial score (nSPS) is 61.5. The molecule has 4 bridgehead atoms. The molecule has 6 fully saturated rings. The van der Waals surface area contributed by atoms with Gasteiger partial charge in [-0.3, -0.25) is 4.79 Å². The van der Waals surface area contributed by atoms with E-state index in [1.165, 1.54) is 0 Å². The number of fused-ring (bicyclic) bond motifs is 1. The predicted molar refractivity (Wildman–Crippen MR) is 87.2 cm³/mol. The topological polar surface area (TPSA) is 65.0 Å². The fourth-order valence-electron chi connectivity index (χ4n) is 7.91. The lowest BCUT2D eigenvalue weighted by atomic mass is 9.45. The summed E-state index contributed by atoms with van der Waals surface area (Å²) in [7, 11) is 0. The highest BCUT2D eigenvalue weighted by Gasteiger charge is 2.78. The highest BCUT2D eigenvalue weighted by atomic mass is 16.7. The molecule has 25 heavy (non-hydrogen) atoms. The van der Waals surface area contributed by atoms with Gasteiger partial charge >= 0.3 is 5.97 Å². The summed E-state index contributed by atoms with van der Waals surface area (Å²) in [4.78, 5) is 13.0. The molecule has 7 unspecified atom stereocenters. The standard InChI is InChI=1S/C20H26O5/c1-10-11-3-4-12-19(7-11,15(10)21)17(22)24-9-20(12)13-5-6-18(2)8-23-16(25-13)14(18)20/h11-16,21H,1,3-9H2,2H3/t11?,12?,13?,14?,15?,16-,18+,19?,20?/m1/s1. The second kappa shape index (κ2) is 4.32. The molecule has 5 nitrogen and oxygen atoms in total. The van der Waals surface area contributed by atoms with E-state index in [4.69, 9.17) is 14.2 Å². The van der Waals surface area contributed by atoms with Crippen LogP contribution >= 0.6 is 0 Å². The number of aliphatic hydroxyl groups is 1. The number of cyclic esters (lactones) is 1. The zero-order valence-electron chi connectivity index (χ0n) is 14.7. The number of carbonyl (C=O) groups is 1. The van der Waals surface area contributed by atoms with Gasteiger partial charge in [-0.15, -0.1) is 0 Å². The van der Waals surface area contributed by atoms with Gasteiger partial charge in [0.1, 0.15) is 12.0 Å². The number of esters is 1.